The number of azo groups is 1. The molecule has 0 fully saturated rings. The number of carbonyl (C=O) groups excluding carboxylic acids is 1. The van der Waals surface area contributed by atoms with Crippen LogP contribution in [0.4, 0.5) is 0 Å². The monoisotopic (exact) mass is 244 g/mol. The molecule has 0 heterocycles. The summed E-state index contributed by atoms with van der Waals surface area (Å²) in [4.78, 5) is 10.7. The maximum atomic E-state index is 10.9. The van der Waals surface area contributed by atoms with E-state index >= 15 is 0 Å². The fourth-order valence-corrected chi connectivity index (χ4v) is 2.06. The first kappa shape index (κ1) is 15.6. The average Bonchev–Trinajstić information content (AvgIpc) is 2.25. The Balaban J connectivity index is 4.19. The molecule has 3 nitrogen and oxygen atoms in total. The summed E-state index contributed by atoms with van der Waals surface area (Å²) in [5.41, 5.74) is 0. The highest BCUT2D eigenvalue weighted by atomic mass is 32.2. The van der Waals surface area contributed by atoms with Crippen molar-refractivity contribution in [1.29, 1.82) is 0 Å². The van der Waals surface area contributed by atoms with E-state index in [9.17, 15) is 4.79 Å². The van der Waals surface area contributed by atoms with Gasteiger partial charge in [0, 0.05) is 12.2 Å². The lowest BCUT2D eigenvalue weighted by atomic mass is 10.2. The zero-order valence-corrected chi connectivity index (χ0v) is 11.9. The van der Waals surface area contributed by atoms with Crippen molar-refractivity contribution < 1.29 is 4.79 Å². The Morgan fingerprint density at radius 2 is 2.06 bits per heavy atom. The second-order valence-electron chi connectivity index (χ2n) is 4.30. The van der Waals surface area contributed by atoms with Gasteiger partial charge in [0.15, 0.2) is 0 Å². The summed E-state index contributed by atoms with van der Waals surface area (Å²) in [6.45, 7) is 10.0. The van der Waals surface area contributed by atoms with Gasteiger partial charge in [0.25, 0.3) is 0 Å². The molecule has 16 heavy (non-hydrogen) atoms. The molecule has 0 amide bonds. The summed E-state index contributed by atoms with van der Waals surface area (Å²) in [5.74, 6) is 1.07. The lowest BCUT2D eigenvalue weighted by Crippen LogP contribution is -2.17. The topological polar surface area (TPSA) is 41.8 Å². The Hall–Kier alpha value is -0.380. The number of Topliss-reactive ketones (excluding diaryl/α,β-unsaturated/α-hetero) is 1. The van der Waals surface area contributed by atoms with Gasteiger partial charge in [0.1, 0.15) is 10.7 Å². The summed E-state index contributed by atoms with van der Waals surface area (Å²) in [6.07, 6.45) is 2.58. The molecule has 0 bridgehead atoms. The van der Waals surface area contributed by atoms with Gasteiger partial charge in [-0.2, -0.15) is 10.2 Å². The Bertz CT molecular complexity index is 243. The molecule has 0 rings (SSSR count). The SMILES string of the molecule is CCC(C)N=NC(C)(CC)SCCC(C)=O. The van der Waals surface area contributed by atoms with E-state index in [0.717, 1.165) is 18.6 Å². The van der Waals surface area contributed by atoms with E-state index in [1.54, 1.807) is 18.7 Å². The fourth-order valence-electron chi connectivity index (χ4n) is 0.919. The van der Waals surface area contributed by atoms with Gasteiger partial charge < -0.3 is 0 Å². The Kier molecular flexibility index (Phi) is 7.64. The molecule has 0 spiro atoms. The second-order valence-corrected chi connectivity index (χ2v) is 5.88. The van der Waals surface area contributed by atoms with Crippen LogP contribution in [0, 0.1) is 0 Å². The van der Waals surface area contributed by atoms with E-state index in [1.807, 2.05) is 0 Å². The third kappa shape index (κ3) is 6.99. The fraction of sp³-hybridized carbons (Fsp3) is 0.917. The van der Waals surface area contributed by atoms with Crippen LogP contribution in [-0.2, 0) is 4.79 Å². The van der Waals surface area contributed by atoms with Gasteiger partial charge in [-0.3, -0.25) is 4.79 Å². The van der Waals surface area contributed by atoms with Crippen LogP contribution in [-0.4, -0.2) is 22.4 Å². The predicted octanol–water partition coefficient (Wildman–Crippen LogP) is 4.08. The molecule has 0 aliphatic heterocycles. The molecular formula is C12H24N2OS. The third-order valence-electron chi connectivity index (χ3n) is 2.58. The number of nitrogens with zero attached hydrogens (tertiary/aromatic N) is 2. The first-order chi connectivity index (χ1) is 7.43. The van der Waals surface area contributed by atoms with Crippen LogP contribution in [0.5, 0.6) is 0 Å². The van der Waals surface area contributed by atoms with Crippen LogP contribution in [0.1, 0.15) is 53.9 Å². The van der Waals surface area contributed by atoms with Gasteiger partial charge in [0.2, 0.25) is 0 Å². The predicted molar refractivity (Wildman–Crippen MR) is 71.1 cm³/mol. The minimum atomic E-state index is -0.168. The van der Waals surface area contributed by atoms with E-state index in [1.165, 1.54) is 0 Å². The van der Waals surface area contributed by atoms with Gasteiger partial charge in [-0.25, -0.2) is 0 Å². The first-order valence-electron chi connectivity index (χ1n) is 5.99. The van der Waals surface area contributed by atoms with Crippen LogP contribution in [0.2, 0.25) is 0 Å². The third-order valence-corrected chi connectivity index (χ3v) is 3.98. The highest BCUT2D eigenvalue weighted by Crippen LogP contribution is 2.31. The molecule has 0 aromatic heterocycles. The van der Waals surface area contributed by atoms with E-state index < -0.39 is 0 Å². The molecule has 0 radical (unpaired) electrons. The molecule has 0 aromatic carbocycles. The number of thioether (sulfide) groups is 1. The first-order valence-corrected chi connectivity index (χ1v) is 6.97. The number of rotatable bonds is 8. The molecule has 4 heteroatoms. The second kappa shape index (κ2) is 7.82. The number of hydrogen-bond acceptors (Lipinski definition) is 4. The lowest BCUT2D eigenvalue weighted by Gasteiger charge is -2.21. The van der Waals surface area contributed by atoms with Crippen molar-refractivity contribution in [1.82, 2.24) is 0 Å². The Morgan fingerprint density at radius 1 is 1.44 bits per heavy atom. The largest absolute Gasteiger partial charge is 0.300 e. The van der Waals surface area contributed by atoms with Crippen molar-refractivity contribution >= 4 is 17.5 Å². The maximum Gasteiger partial charge on any atom is 0.130 e. The average molecular weight is 244 g/mol. The molecule has 94 valence electrons. The molecule has 0 aromatic rings. The summed E-state index contributed by atoms with van der Waals surface area (Å²) >= 11 is 1.72. The van der Waals surface area contributed by atoms with Gasteiger partial charge in [0.05, 0.1) is 6.04 Å². The van der Waals surface area contributed by atoms with Crippen LogP contribution in [0.15, 0.2) is 10.2 Å². The summed E-state index contributed by atoms with van der Waals surface area (Å²) < 4.78 is 0. The van der Waals surface area contributed by atoms with Gasteiger partial charge in [-0.1, -0.05) is 13.8 Å². The van der Waals surface area contributed by atoms with Crippen LogP contribution >= 0.6 is 11.8 Å². The molecule has 0 aliphatic carbocycles. The highest BCUT2D eigenvalue weighted by molar-refractivity contribution is 8.00. The van der Waals surface area contributed by atoms with E-state index in [4.69, 9.17) is 0 Å². The molecule has 0 saturated heterocycles. The van der Waals surface area contributed by atoms with Crippen LogP contribution in [0.3, 0.4) is 0 Å². The van der Waals surface area contributed by atoms with Gasteiger partial charge >= 0.3 is 0 Å². The van der Waals surface area contributed by atoms with Crippen LogP contribution < -0.4 is 0 Å². The molecule has 0 N–H and O–H groups in total. The smallest absolute Gasteiger partial charge is 0.130 e. The zero-order valence-electron chi connectivity index (χ0n) is 11.1. The molecule has 2 unspecified atom stereocenters. The van der Waals surface area contributed by atoms with Crippen molar-refractivity contribution in [3.8, 4) is 0 Å². The molecule has 0 aliphatic rings. The minimum Gasteiger partial charge on any atom is -0.300 e. The summed E-state index contributed by atoms with van der Waals surface area (Å²) in [6, 6.07) is 0.291. The van der Waals surface area contributed by atoms with E-state index in [2.05, 4.69) is 37.9 Å². The van der Waals surface area contributed by atoms with Crippen molar-refractivity contribution in [3.63, 3.8) is 0 Å². The standard InChI is InChI=1S/C12H24N2OS/c1-6-10(3)13-14-12(5,7-2)16-9-8-11(4)15/h10H,6-9H2,1-5H3. The number of hydrogen-bond donors (Lipinski definition) is 0. The lowest BCUT2D eigenvalue weighted by molar-refractivity contribution is -0.116. The maximum absolute atomic E-state index is 10.9. The molecule has 2 atom stereocenters. The van der Waals surface area contributed by atoms with Crippen molar-refractivity contribution in [2.24, 2.45) is 10.2 Å². The zero-order chi connectivity index (χ0) is 12.6. The Morgan fingerprint density at radius 3 is 2.50 bits per heavy atom. The van der Waals surface area contributed by atoms with Gasteiger partial charge in [-0.15, -0.1) is 11.8 Å². The van der Waals surface area contributed by atoms with Crippen molar-refractivity contribution in [3.05, 3.63) is 0 Å². The normalized spacial score (nSPS) is 17.3. The van der Waals surface area contributed by atoms with E-state index in [0.29, 0.717) is 12.5 Å². The van der Waals surface area contributed by atoms with Crippen molar-refractivity contribution in [2.75, 3.05) is 5.75 Å². The Labute approximate surface area is 103 Å². The summed E-state index contributed by atoms with van der Waals surface area (Å²) in [7, 11) is 0. The highest BCUT2D eigenvalue weighted by Gasteiger charge is 2.22. The van der Waals surface area contributed by atoms with Crippen LogP contribution in [0.25, 0.3) is 0 Å². The molecular weight excluding hydrogens is 220 g/mol. The van der Waals surface area contributed by atoms with Crippen molar-refractivity contribution in [2.45, 2.75) is 64.8 Å². The summed E-state index contributed by atoms with van der Waals surface area (Å²) in [5, 5.41) is 8.72. The minimum absolute atomic E-state index is 0.168. The van der Waals surface area contributed by atoms with E-state index in [-0.39, 0.29) is 10.7 Å². The number of carbonyl (C=O) groups is 1. The molecule has 0 saturated carbocycles. The quantitative estimate of drug-likeness (QED) is 0.604. The number of ketones is 1. The van der Waals surface area contributed by atoms with Gasteiger partial charge in [-0.05, 0) is 33.6 Å².